The number of halogens is 2. The number of aliphatic hydroxyl groups is 1. The monoisotopic (exact) mass is 431 g/mol. The van der Waals surface area contributed by atoms with E-state index in [9.17, 15) is 18.4 Å². The summed E-state index contributed by atoms with van der Waals surface area (Å²) in [4.78, 5) is 28.0. The number of hydrogen-bond acceptors (Lipinski definition) is 7. The predicted octanol–water partition coefficient (Wildman–Crippen LogP) is 1.93. The molecule has 0 aliphatic carbocycles. The van der Waals surface area contributed by atoms with Gasteiger partial charge in [0, 0.05) is 12.7 Å². The van der Waals surface area contributed by atoms with Gasteiger partial charge in [-0.25, -0.2) is 18.4 Å². The van der Waals surface area contributed by atoms with Crippen LogP contribution in [-0.4, -0.2) is 57.6 Å². The van der Waals surface area contributed by atoms with E-state index in [2.05, 4.69) is 15.6 Å². The van der Waals surface area contributed by atoms with E-state index in [1.165, 1.54) is 6.07 Å². The quantitative estimate of drug-likeness (QED) is 0.604. The maximum absolute atomic E-state index is 14.0. The number of alkyl halides is 2. The number of aliphatic hydroxyl groups excluding tert-OH is 1. The van der Waals surface area contributed by atoms with Gasteiger partial charge >= 0.3 is 11.8 Å². The van der Waals surface area contributed by atoms with E-state index in [1.807, 2.05) is 13.8 Å². The Morgan fingerprint density at radius 1 is 1.43 bits per heavy atom. The van der Waals surface area contributed by atoms with Crippen LogP contribution in [0.2, 0.25) is 0 Å². The van der Waals surface area contributed by atoms with Gasteiger partial charge in [0.2, 0.25) is 6.23 Å². The zero-order chi connectivity index (χ0) is 22.7. The largest absolute Gasteiger partial charge is 0.444 e. The van der Waals surface area contributed by atoms with Crippen molar-refractivity contribution in [1.82, 2.24) is 14.9 Å². The summed E-state index contributed by atoms with van der Waals surface area (Å²) >= 11 is 0. The van der Waals surface area contributed by atoms with Gasteiger partial charge in [-0.05, 0) is 32.8 Å². The molecule has 3 N–H and O–H groups in total. The summed E-state index contributed by atoms with van der Waals surface area (Å²) in [5.41, 5.74) is -1.57. The molecule has 1 aliphatic rings. The molecule has 2 rings (SSSR count). The van der Waals surface area contributed by atoms with Crippen LogP contribution >= 0.6 is 0 Å². The number of aromatic nitrogens is 2. The third kappa shape index (κ3) is 6.36. The fourth-order valence-electron chi connectivity index (χ4n) is 2.79. The molecule has 1 saturated heterocycles. The highest BCUT2D eigenvalue weighted by atomic mass is 19.3. The fraction of sp³-hybridized carbons (Fsp3) is 0.684. The molecule has 1 aliphatic heterocycles. The van der Waals surface area contributed by atoms with Crippen molar-refractivity contribution in [1.29, 1.82) is 0 Å². The highest BCUT2D eigenvalue weighted by molar-refractivity contribution is 5.68. The normalized spacial score (nSPS) is 22.0. The van der Waals surface area contributed by atoms with Gasteiger partial charge in [0.15, 0.2) is 0 Å². The van der Waals surface area contributed by atoms with Gasteiger partial charge in [-0.2, -0.15) is 4.98 Å². The second-order valence-electron chi connectivity index (χ2n) is 8.43. The van der Waals surface area contributed by atoms with Crippen molar-refractivity contribution in [3.8, 4) is 0 Å². The number of rotatable bonds is 7. The molecular formula is C19H29F2N4O5. The van der Waals surface area contributed by atoms with E-state index in [0.29, 0.717) is 11.0 Å². The van der Waals surface area contributed by atoms with Crippen molar-refractivity contribution in [2.75, 3.05) is 18.5 Å². The minimum Gasteiger partial charge on any atom is -0.444 e. The van der Waals surface area contributed by atoms with Crippen molar-refractivity contribution in [3.63, 3.8) is 0 Å². The Morgan fingerprint density at radius 2 is 2.10 bits per heavy atom. The molecule has 0 saturated carbocycles. The predicted molar refractivity (Wildman–Crippen MR) is 105 cm³/mol. The molecule has 1 radical (unpaired) electrons. The Morgan fingerprint density at radius 3 is 2.60 bits per heavy atom. The third-order valence-corrected chi connectivity index (χ3v) is 4.31. The standard InChI is InChI=1S/C19H29F2N4O5/c1-11(2)13(23-17(28)30-18(3,4)5)9-22-14-6-7-25(16(27)24-14)15-19(20,21)8-12(10-26)29-15/h6-8,11-13,15,26H,9-10H2,1-5H3,(H,23,28)(H,22,24,27)/t12-,13?,15-/m1/s1. The van der Waals surface area contributed by atoms with Gasteiger partial charge in [0.1, 0.15) is 11.4 Å². The summed E-state index contributed by atoms with van der Waals surface area (Å²) in [7, 11) is 0. The van der Waals surface area contributed by atoms with Crippen molar-refractivity contribution in [2.24, 2.45) is 5.92 Å². The lowest BCUT2D eigenvalue weighted by Gasteiger charge is -2.26. The summed E-state index contributed by atoms with van der Waals surface area (Å²) in [6.07, 6.45) is -1.90. The average Bonchev–Trinajstić information content (AvgIpc) is 2.91. The zero-order valence-electron chi connectivity index (χ0n) is 17.7. The molecule has 1 aromatic rings. The first-order valence-corrected chi connectivity index (χ1v) is 9.65. The first kappa shape index (κ1) is 24.0. The van der Waals surface area contributed by atoms with Crippen LogP contribution in [0.5, 0.6) is 0 Å². The van der Waals surface area contributed by atoms with Crippen molar-refractivity contribution >= 4 is 11.9 Å². The lowest BCUT2D eigenvalue weighted by atomic mass is 10.0. The number of ether oxygens (including phenoxy) is 2. The van der Waals surface area contributed by atoms with Crippen LogP contribution < -0.4 is 16.3 Å². The number of hydrogen-bond donors (Lipinski definition) is 3. The second kappa shape index (κ2) is 9.25. The topological polar surface area (TPSA) is 115 Å². The lowest BCUT2D eigenvalue weighted by Crippen LogP contribution is -2.45. The first-order chi connectivity index (χ1) is 13.8. The van der Waals surface area contributed by atoms with Crippen LogP contribution in [0.4, 0.5) is 19.4 Å². The van der Waals surface area contributed by atoms with Crippen molar-refractivity contribution in [2.45, 2.75) is 64.5 Å². The minimum absolute atomic E-state index is 0.0434. The molecule has 169 valence electrons. The van der Waals surface area contributed by atoms with Crippen molar-refractivity contribution in [3.05, 3.63) is 29.2 Å². The van der Waals surface area contributed by atoms with Crippen LogP contribution in [0.15, 0.2) is 17.1 Å². The summed E-state index contributed by atoms with van der Waals surface area (Å²) in [5.74, 6) is -3.22. The van der Waals surface area contributed by atoms with E-state index < -0.39 is 42.2 Å². The van der Waals surface area contributed by atoms with Gasteiger partial charge < -0.3 is 25.2 Å². The number of nitrogens with one attached hydrogen (secondary N) is 2. The Kier molecular flexibility index (Phi) is 7.40. The van der Waals surface area contributed by atoms with Crippen LogP contribution in [0.1, 0.15) is 40.8 Å². The number of nitrogens with zero attached hydrogens (tertiary/aromatic N) is 2. The average molecular weight is 431 g/mol. The summed E-state index contributed by atoms with van der Waals surface area (Å²) < 4.78 is 39.0. The third-order valence-electron chi connectivity index (χ3n) is 4.31. The number of alkyl carbamates (subject to hydrolysis) is 1. The Hall–Kier alpha value is -2.27. The highest BCUT2D eigenvalue weighted by Crippen LogP contribution is 2.40. The summed E-state index contributed by atoms with van der Waals surface area (Å²) in [6, 6.07) is 1.03. The molecule has 30 heavy (non-hydrogen) atoms. The van der Waals surface area contributed by atoms with Gasteiger partial charge in [0.05, 0.1) is 25.2 Å². The fourth-order valence-corrected chi connectivity index (χ4v) is 2.79. The molecule has 0 aromatic carbocycles. The molecule has 1 aromatic heterocycles. The van der Waals surface area contributed by atoms with E-state index in [1.54, 1.807) is 20.8 Å². The molecule has 1 unspecified atom stereocenters. The Bertz CT molecular complexity index is 794. The Labute approximate surface area is 173 Å². The molecule has 1 amide bonds. The molecule has 9 nitrogen and oxygen atoms in total. The molecule has 0 bridgehead atoms. The molecule has 1 fully saturated rings. The molecular weight excluding hydrogens is 402 g/mol. The van der Waals surface area contributed by atoms with Gasteiger partial charge in [-0.3, -0.25) is 4.57 Å². The molecule has 3 atom stereocenters. The van der Waals surface area contributed by atoms with E-state index in [-0.39, 0.29) is 24.3 Å². The van der Waals surface area contributed by atoms with E-state index in [4.69, 9.17) is 14.6 Å². The molecule has 11 heteroatoms. The molecule has 0 spiro atoms. The number of anilines is 1. The van der Waals surface area contributed by atoms with Gasteiger partial charge in [-0.15, -0.1) is 0 Å². The van der Waals surface area contributed by atoms with E-state index >= 15 is 0 Å². The molecule has 2 heterocycles. The van der Waals surface area contributed by atoms with Gasteiger partial charge in [0.25, 0.3) is 5.92 Å². The summed E-state index contributed by atoms with van der Waals surface area (Å²) in [6.45, 7) is 8.70. The van der Waals surface area contributed by atoms with Gasteiger partial charge in [-0.1, -0.05) is 13.8 Å². The second-order valence-corrected chi connectivity index (χ2v) is 8.43. The lowest BCUT2D eigenvalue weighted by molar-refractivity contribution is -0.116. The minimum atomic E-state index is -3.42. The number of carbonyl (C=O) groups excluding carboxylic acids is 1. The first-order valence-electron chi connectivity index (χ1n) is 9.65. The van der Waals surface area contributed by atoms with Crippen LogP contribution in [0.3, 0.4) is 0 Å². The van der Waals surface area contributed by atoms with E-state index in [0.717, 1.165) is 6.20 Å². The highest BCUT2D eigenvalue weighted by Gasteiger charge is 2.52. The maximum Gasteiger partial charge on any atom is 0.407 e. The van der Waals surface area contributed by atoms with Crippen LogP contribution in [0, 0.1) is 12.3 Å². The van der Waals surface area contributed by atoms with Crippen LogP contribution in [0.25, 0.3) is 0 Å². The SMILES string of the molecule is CC(C)C(CNc1ccn([C@@H]2O[C@@H](CO)[CH]C2(F)F)c(=O)n1)NC(=O)OC(C)(C)C. The smallest absolute Gasteiger partial charge is 0.407 e. The maximum atomic E-state index is 14.0. The van der Waals surface area contributed by atoms with Crippen molar-refractivity contribution < 1.29 is 28.2 Å². The van der Waals surface area contributed by atoms with Crippen LogP contribution in [-0.2, 0) is 9.47 Å². The summed E-state index contributed by atoms with van der Waals surface area (Å²) in [5, 5.41) is 14.7. The number of carbonyl (C=O) groups is 1. The zero-order valence-corrected chi connectivity index (χ0v) is 17.7. The Balaban J connectivity index is 2.04. The number of amides is 1.